The van der Waals surface area contributed by atoms with E-state index in [4.69, 9.17) is 26.4 Å². The van der Waals surface area contributed by atoms with Crippen LogP contribution in [0.3, 0.4) is 0 Å². The van der Waals surface area contributed by atoms with E-state index in [9.17, 15) is 15.3 Å². The largest absolute Gasteiger partial charge is 0.476 e. The summed E-state index contributed by atoms with van der Waals surface area (Å²) in [5, 5.41) is 29.4. The van der Waals surface area contributed by atoms with Gasteiger partial charge in [-0.1, -0.05) is 42.1 Å². The Balaban J connectivity index is 1.79. The number of benzene rings is 1. The molecule has 1 fully saturated rings. The van der Waals surface area contributed by atoms with Crippen LogP contribution in [-0.4, -0.2) is 64.1 Å². The van der Waals surface area contributed by atoms with Gasteiger partial charge in [0.15, 0.2) is 6.29 Å². The maximum Gasteiger partial charge on any atom is 0.220 e. The number of thioether (sulfide) groups is 1. The molecule has 1 heterocycles. The number of rotatable bonds is 5. The molecule has 3 N–H and O–H groups in total. The molecule has 0 saturated carbocycles. The SMILES string of the molecule is COC1OC(COC(=S)SCc2ccccc2)C(O)C(O)C1O. The van der Waals surface area contributed by atoms with E-state index in [0.717, 1.165) is 5.56 Å². The number of aliphatic hydroxyl groups excluding tert-OH is 3. The van der Waals surface area contributed by atoms with Gasteiger partial charge in [0, 0.05) is 12.9 Å². The quantitative estimate of drug-likeness (QED) is 0.661. The predicted molar refractivity (Wildman–Crippen MR) is 90.0 cm³/mol. The van der Waals surface area contributed by atoms with Crippen LogP contribution < -0.4 is 0 Å². The fourth-order valence-electron chi connectivity index (χ4n) is 2.16. The Morgan fingerprint density at radius 2 is 1.87 bits per heavy atom. The first-order valence-electron chi connectivity index (χ1n) is 7.09. The molecule has 0 aliphatic carbocycles. The Bertz CT molecular complexity index is 498. The summed E-state index contributed by atoms with van der Waals surface area (Å²) < 4.78 is 16.0. The van der Waals surface area contributed by atoms with E-state index in [1.165, 1.54) is 18.9 Å². The van der Waals surface area contributed by atoms with Crippen LogP contribution in [0.2, 0.25) is 0 Å². The molecule has 1 aliphatic heterocycles. The minimum Gasteiger partial charge on any atom is -0.476 e. The zero-order valence-corrected chi connectivity index (χ0v) is 14.2. The highest BCUT2D eigenvalue weighted by atomic mass is 32.2. The van der Waals surface area contributed by atoms with Crippen molar-refractivity contribution in [2.75, 3.05) is 13.7 Å². The molecule has 5 unspecified atom stereocenters. The van der Waals surface area contributed by atoms with E-state index in [2.05, 4.69) is 0 Å². The van der Waals surface area contributed by atoms with Gasteiger partial charge in [-0.15, -0.1) is 0 Å². The third kappa shape index (κ3) is 5.12. The number of hydrogen-bond acceptors (Lipinski definition) is 8. The van der Waals surface area contributed by atoms with Gasteiger partial charge in [-0.05, 0) is 17.8 Å². The van der Waals surface area contributed by atoms with Crippen LogP contribution in [0.15, 0.2) is 30.3 Å². The van der Waals surface area contributed by atoms with Gasteiger partial charge in [0.1, 0.15) is 31.0 Å². The summed E-state index contributed by atoms with van der Waals surface area (Å²) in [5.41, 5.74) is 1.12. The first kappa shape index (κ1) is 18.6. The summed E-state index contributed by atoms with van der Waals surface area (Å²) in [6, 6.07) is 9.82. The van der Waals surface area contributed by atoms with Crippen molar-refractivity contribution in [3.8, 4) is 0 Å². The maximum atomic E-state index is 9.92. The van der Waals surface area contributed by atoms with E-state index in [-0.39, 0.29) is 6.61 Å². The standard InChI is InChI=1S/C15H20O6S2/c1-19-14-13(18)12(17)11(16)10(21-14)7-20-15(22)23-8-9-5-3-2-4-6-9/h2-6,10-14,16-18H,7-8H2,1H3. The van der Waals surface area contributed by atoms with Crippen molar-refractivity contribution >= 4 is 28.4 Å². The molecule has 1 aromatic rings. The smallest absolute Gasteiger partial charge is 0.220 e. The zero-order valence-electron chi connectivity index (χ0n) is 12.6. The first-order valence-corrected chi connectivity index (χ1v) is 8.48. The van der Waals surface area contributed by atoms with Crippen molar-refractivity contribution in [2.24, 2.45) is 0 Å². The molecule has 0 spiro atoms. The van der Waals surface area contributed by atoms with Crippen molar-refractivity contribution in [2.45, 2.75) is 36.5 Å². The van der Waals surface area contributed by atoms with Gasteiger partial charge in [0.05, 0.1) is 0 Å². The second kappa shape index (κ2) is 8.93. The number of methoxy groups -OCH3 is 1. The highest BCUT2D eigenvalue weighted by Crippen LogP contribution is 2.23. The van der Waals surface area contributed by atoms with E-state index in [1.807, 2.05) is 30.3 Å². The van der Waals surface area contributed by atoms with Crippen LogP contribution in [0, 0.1) is 0 Å². The van der Waals surface area contributed by atoms with Crippen LogP contribution in [-0.2, 0) is 20.0 Å². The van der Waals surface area contributed by atoms with Gasteiger partial charge in [-0.25, -0.2) is 0 Å². The Hall–Kier alpha value is -0.740. The van der Waals surface area contributed by atoms with E-state index in [0.29, 0.717) is 10.1 Å². The number of hydrogen-bond donors (Lipinski definition) is 3. The molecule has 0 amide bonds. The lowest BCUT2D eigenvalue weighted by atomic mass is 9.99. The van der Waals surface area contributed by atoms with Crippen LogP contribution in [0.4, 0.5) is 0 Å². The van der Waals surface area contributed by atoms with Gasteiger partial charge in [-0.3, -0.25) is 0 Å². The lowest BCUT2D eigenvalue weighted by Crippen LogP contribution is -2.59. The van der Waals surface area contributed by atoms with Crippen molar-refractivity contribution in [3.05, 3.63) is 35.9 Å². The first-order chi connectivity index (χ1) is 11.0. The van der Waals surface area contributed by atoms with Gasteiger partial charge in [-0.2, -0.15) is 0 Å². The fraction of sp³-hybridized carbons (Fsp3) is 0.533. The molecule has 1 saturated heterocycles. The number of thiocarbonyl (C=S) groups is 1. The average molecular weight is 360 g/mol. The molecule has 0 radical (unpaired) electrons. The molecule has 23 heavy (non-hydrogen) atoms. The fourth-order valence-corrected chi connectivity index (χ4v) is 3.03. The summed E-state index contributed by atoms with van der Waals surface area (Å²) in [7, 11) is 1.34. The third-order valence-electron chi connectivity index (χ3n) is 3.47. The minimum absolute atomic E-state index is 0.0363. The molecule has 2 rings (SSSR count). The molecule has 5 atom stereocenters. The zero-order chi connectivity index (χ0) is 16.8. The summed E-state index contributed by atoms with van der Waals surface area (Å²) in [6.45, 7) is -0.0363. The summed E-state index contributed by atoms with van der Waals surface area (Å²) >= 11 is 6.49. The minimum atomic E-state index is -1.37. The monoisotopic (exact) mass is 360 g/mol. The summed E-state index contributed by atoms with van der Waals surface area (Å²) in [6.07, 6.45) is -5.82. The number of aliphatic hydroxyl groups is 3. The Morgan fingerprint density at radius 1 is 1.17 bits per heavy atom. The molecule has 8 heteroatoms. The molecule has 6 nitrogen and oxygen atoms in total. The summed E-state index contributed by atoms with van der Waals surface area (Å²) in [4.78, 5) is 0. The molecular formula is C15H20O6S2. The normalized spacial score (nSPS) is 30.9. The van der Waals surface area contributed by atoms with Crippen molar-refractivity contribution in [1.82, 2.24) is 0 Å². The lowest BCUT2D eigenvalue weighted by molar-refractivity contribution is -0.293. The van der Waals surface area contributed by atoms with Gasteiger partial charge >= 0.3 is 0 Å². The van der Waals surface area contributed by atoms with Crippen LogP contribution in [0.5, 0.6) is 0 Å². The van der Waals surface area contributed by atoms with Crippen LogP contribution in [0.1, 0.15) is 5.56 Å². The number of ether oxygens (including phenoxy) is 3. The van der Waals surface area contributed by atoms with Crippen molar-refractivity contribution in [1.29, 1.82) is 0 Å². The Kier molecular flexibility index (Phi) is 7.22. The molecule has 1 aromatic carbocycles. The van der Waals surface area contributed by atoms with Crippen LogP contribution in [0.25, 0.3) is 0 Å². The second-order valence-electron chi connectivity index (χ2n) is 5.09. The van der Waals surface area contributed by atoms with E-state index < -0.39 is 30.7 Å². The van der Waals surface area contributed by atoms with Crippen LogP contribution >= 0.6 is 24.0 Å². The lowest BCUT2D eigenvalue weighted by Gasteiger charge is -2.39. The molecule has 0 aromatic heterocycles. The average Bonchev–Trinajstić information content (AvgIpc) is 2.58. The van der Waals surface area contributed by atoms with E-state index in [1.54, 1.807) is 0 Å². The molecule has 1 aliphatic rings. The third-order valence-corrected chi connectivity index (χ3v) is 4.77. The van der Waals surface area contributed by atoms with Crippen molar-refractivity contribution < 1.29 is 29.5 Å². The van der Waals surface area contributed by atoms with Gasteiger partial charge in [0.25, 0.3) is 0 Å². The second-order valence-corrected chi connectivity index (χ2v) is 6.66. The predicted octanol–water partition coefficient (Wildman–Crippen LogP) is 0.675. The molecule has 128 valence electrons. The summed E-state index contributed by atoms with van der Waals surface area (Å²) in [5.74, 6) is 0.676. The molecular weight excluding hydrogens is 340 g/mol. The van der Waals surface area contributed by atoms with Crippen molar-refractivity contribution in [3.63, 3.8) is 0 Å². The van der Waals surface area contributed by atoms with Gasteiger partial charge < -0.3 is 29.5 Å². The van der Waals surface area contributed by atoms with E-state index >= 15 is 0 Å². The topological polar surface area (TPSA) is 88.4 Å². The maximum absolute atomic E-state index is 9.92. The highest BCUT2D eigenvalue weighted by molar-refractivity contribution is 8.22. The van der Waals surface area contributed by atoms with Gasteiger partial charge in [0.2, 0.25) is 4.38 Å². The Labute approximate surface area is 144 Å². The Morgan fingerprint density at radius 3 is 2.52 bits per heavy atom. The molecule has 0 bridgehead atoms. The highest BCUT2D eigenvalue weighted by Gasteiger charge is 2.44.